The van der Waals surface area contributed by atoms with E-state index in [9.17, 15) is 27.8 Å². The molecule has 0 aliphatic carbocycles. The van der Waals surface area contributed by atoms with Crippen LogP contribution in [0.1, 0.15) is 27.7 Å². The van der Waals surface area contributed by atoms with E-state index in [0.29, 0.717) is 5.56 Å². The molecule has 0 fully saturated rings. The number of aromatic hydroxyl groups is 1. The normalized spacial score (nSPS) is 16.2. The van der Waals surface area contributed by atoms with Crippen LogP contribution in [0.15, 0.2) is 42.6 Å². The van der Waals surface area contributed by atoms with Gasteiger partial charge in [0.05, 0.1) is 17.5 Å². The van der Waals surface area contributed by atoms with Crippen LogP contribution in [0.3, 0.4) is 0 Å². The number of carbonyl (C=O) groups is 1. The second-order valence-corrected chi connectivity index (χ2v) is 9.06. The fourth-order valence-electron chi connectivity index (χ4n) is 3.62. The lowest BCUT2D eigenvalue weighted by atomic mass is 10.0. The summed E-state index contributed by atoms with van der Waals surface area (Å²) in [6.07, 6.45) is 0.880. The SMILES string of the molecule is CN(c1c2c(c(O)c3ncccc13)C(=O)N(Cc1ccc(F)cc1)C2O)S(C)(=O)=O. The fraction of sp³-hybridized carbons (Fsp3) is 0.200. The molecule has 1 atom stereocenters. The number of phenols is 1. The van der Waals surface area contributed by atoms with Crippen molar-refractivity contribution in [3.05, 3.63) is 65.1 Å². The summed E-state index contributed by atoms with van der Waals surface area (Å²) in [6, 6.07) is 8.52. The van der Waals surface area contributed by atoms with Crippen molar-refractivity contribution in [1.82, 2.24) is 9.88 Å². The van der Waals surface area contributed by atoms with Gasteiger partial charge in [-0.15, -0.1) is 0 Å². The van der Waals surface area contributed by atoms with Gasteiger partial charge >= 0.3 is 0 Å². The number of aliphatic hydroxyl groups excluding tert-OH is 1. The van der Waals surface area contributed by atoms with Gasteiger partial charge in [-0.25, -0.2) is 12.8 Å². The number of carbonyl (C=O) groups excluding carboxylic acids is 1. The second kappa shape index (κ2) is 6.92. The Morgan fingerprint density at radius 1 is 1.23 bits per heavy atom. The lowest BCUT2D eigenvalue weighted by Gasteiger charge is -2.25. The minimum atomic E-state index is -3.76. The monoisotopic (exact) mass is 431 g/mol. The summed E-state index contributed by atoms with van der Waals surface area (Å²) in [4.78, 5) is 18.3. The average molecular weight is 431 g/mol. The minimum absolute atomic E-state index is 0.0203. The number of hydrogen-bond donors (Lipinski definition) is 2. The van der Waals surface area contributed by atoms with Crippen LogP contribution in [0.2, 0.25) is 0 Å². The molecule has 156 valence electrons. The summed E-state index contributed by atoms with van der Waals surface area (Å²) in [5, 5.41) is 22.0. The first kappa shape index (κ1) is 20.0. The maximum atomic E-state index is 13.2. The fourth-order valence-corrected chi connectivity index (χ4v) is 4.15. The highest BCUT2D eigenvalue weighted by atomic mass is 32.2. The Labute approximate surface area is 171 Å². The van der Waals surface area contributed by atoms with Crippen LogP contribution in [0.5, 0.6) is 5.75 Å². The van der Waals surface area contributed by atoms with Gasteiger partial charge in [0, 0.05) is 30.7 Å². The van der Waals surface area contributed by atoms with Crippen LogP contribution >= 0.6 is 0 Å². The molecule has 2 N–H and O–H groups in total. The number of nitrogens with zero attached hydrogens (tertiary/aromatic N) is 3. The number of rotatable bonds is 4. The van der Waals surface area contributed by atoms with Gasteiger partial charge in [0.15, 0.2) is 12.0 Å². The molecule has 2 aromatic carbocycles. The van der Waals surface area contributed by atoms with E-state index >= 15 is 0 Å². The number of aromatic nitrogens is 1. The van der Waals surface area contributed by atoms with E-state index in [1.54, 1.807) is 12.1 Å². The molecule has 1 amide bonds. The predicted molar refractivity (Wildman–Crippen MR) is 108 cm³/mol. The number of sulfonamides is 1. The molecule has 2 heterocycles. The van der Waals surface area contributed by atoms with Crippen molar-refractivity contribution in [2.75, 3.05) is 17.6 Å². The number of amides is 1. The van der Waals surface area contributed by atoms with Gasteiger partial charge in [-0.1, -0.05) is 12.1 Å². The zero-order valence-corrected chi connectivity index (χ0v) is 16.9. The molecule has 4 rings (SSSR count). The molecule has 1 aliphatic rings. The third-order valence-electron chi connectivity index (χ3n) is 5.16. The summed E-state index contributed by atoms with van der Waals surface area (Å²) in [6.45, 7) is -0.0692. The first-order chi connectivity index (χ1) is 14.1. The van der Waals surface area contributed by atoms with E-state index in [0.717, 1.165) is 15.5 Å². The molecular weight excluding hydrogens is 413 g/mol. The number of fused-ring (bicyclic) bond motifs is 2. The lowest BCUT2D eigenvalue weighted by molar-refractivity contribution is 0.0140. The average Bonchev–Trinajstić information content (AvgIpc) is 2.94. The van der Waals surface area contributed by atoms with Crippen LogP contribution in [-0.4, -0.2) is 47.7 Å². The van der Waals surface area contributed by atoms with Crippen LogP contribution in [-0.2, 0) is 16.6 Å². The Hall–Kier alpha value is -3.24. The van der Waals surface area contributed by atoms with Gasteiger partial charge in [-0.3, -0.25) is 14.1 Å². The van der Waals surface area contributed by atoms with Crippen molar-refractivity contribution in [2.45, 2.75) is 12.8 Å². The largest absolute Gasteiger partial charge is 0.505 e. The molecule has 1 aliphatic heterocycles. The number of pyridine rings is 1. The number of anilines is 1. The highest BCUT2D eigenvalue weighted by Crippen LogP contribution is 2.48. The van der Waals surface area contributed by atoms with Gasteiger partial charge in [0.1, 0.15) is 11.3 Å². The van der Waals surface area contributed by atoms with E-state index in [4.69, 9.17) is 0 Å². The maximum absolute atomic E-state index is 13.2. The Morgan fingerprint density at radius 3 is 2.53 bits per heavy atom. The van der Waals surface area contributed by atoms with E-state index in [1.807, 2.05) is 0 Å². The van der Waals surface area contributed by atoms with E-state index in [2.05, 4.69) is 4.98 Å². The molecule has 3 aromatic rings. The Kier molecular flexibility index (Phi) is 4.63. The summed E-state index contributed by atoms with van der Waals surface area (Å²) in [5.41, 5.74) is 0.438. The molecule has 1 aromatic heterocycles. The summed E-state index contributed by atoms with van der Waals surface area (Å²) >= 11 is 0. The van der Waals surface area contributed by atoms with Crippen LogP contribution in [0, 0.1) is 5.82 Å². The molecule has 10 heteroatoms. The molecule has 1 unspecified atom stereocenters. The van der Waals surface area contributed by atoms with Gasteiger partial charge in [-0.2, -0.15) is 0 Å². The zero-order valence-electron chi connectivity index (χ0n) is 16.1. The van der Waals surface area contributed by atoms with Crippen molar-refractivity contribution in [3.8, 4) is 5.75 Å². The highest BCUT2D eigenvalue weighted by molar-refractivity contribution is 7.92. The van der Waals surface area contributed by atoms with E-state index in [-0.39, 0.29) is 34.3 Å². The van der Waals surface area contributed by atoms with Crippen molar-refractivity contribution in [2.24, 2.45) is 0 Å². The zero-order chi connectivity index (χ0) is 21.8. The topological polar surface area (TPSA) is 111 Å². The Bertz CT molecular complexity index is 1280. The number of phenolic OH excluding ortho intramolecular Hbond substituents is 1. The van der Waals surface area contributed by atoms with Crippen molar-refractivity contribution >= 4 is 32.5 Å². The third kappa shape index (κ3) is 3.04. The van der Waals surface area contributed by atoms with Gasteiger partial charge in [-0.05, 0) is 29.8 Å². The number of hydrogen-bond acceptors (Lipinski definition) is 6. The first-order valence-corrected chi connectivity index (χ1v) is 10.8. The maximum Gasteiger partial charge on any atom is 0.260 e. The quantitative estimate of drug-likeness (QED) is 0.655. The first-order valence-electron chi connectivity index (χ1n) is 8.92. The van der Waals surface area contributed by atoms with Crippen molar-refractivity contribution in [1.29, 1.82) is 0 Å². The predicted octanol–water partition coefficient (Wildman–Crippen LogP) is 2.12. The van der Waals surface area contributed by atoms with Crippen molar-refractivity contribution < 1.29 is 27.8 Å². The highest BCUT2D eigenvalue weighted by Gasteiger charge is 2.43. The van der Waals surface area contributed by atoms with Crippen molar-refractivity contribution in [3.63, 3.8) is 0 Å². The minimum Gasteiger partial charge on any atom is -0.505 e. The molecule has 8 nitrogen and oxygen atoms in total. The molecule has 0 saturated carbocycles. The molecular formula is C20H18FN3O5S. The molecule has 0 bridgehead atoms. The van der Waals surface area contributed by atoms with Gasteiger partial charge in [0.25, 0.3) is 5.91 Å². The molecule has 30 heavy (non-hydrogen) atoms. The van der Waals surface area contributed by atoms with E-state index < -0.39 is 33.7 Å². The molecule has 0 spiro atoms. The second-order valence-electron chi connectivity index (χ2n) is 7.05. The summed E-state index contributed by atoms with van der Waals surface area (Å²) in [5.74, 6) is -1.56. The molecule has 0 radical (unpaired) electrons. The Balaban J connectivity index is 1.94. The Morgan fingerprint density at radius 2 is 1.90 bits per heavy atom. The smallest absolute Gasteiger partial charge is 0.260 e. The third-order valence-corrected chi connectivity index (χ3v) is 6.33. The number of benzene rings is 2. The van der Waals surface area contributed by atoms with Crippen LogP contribution in [0.4, 0.5) is 10.1 Å². The lowest BCUT2D eigenvalue weighted by Crippen LogP contribution is -2.29. The standard InChI is InChI=1S/C20H18FN3O5S/c1-23(30(2,28)29)17-13-4-3-9-22-16(13)18(25)15-14(17)19(26)24(20(15)27)10-11-5-7-12(21)8-6-11/h3-9,19,25-26H,10H2,1-2H3. The number of halogens is 1. The van der Waals surface area contributed by atoms with Crippen LogP contribution in [0.25, 0.3) is 10.9 Å². The van der Waals surface area contributed by atoms with E-state index in [1.165, 1.54) is 37.5 Å². The van der Waals surface area contributed by atoms with Crippen LogP contribution < -0.4 is 4.31 Å². The number of aliphatic hydroxyl groups is 1. The summed E-state index contributed by atoms with van der Waals surface area (Å²) in [7, 11) is -2.46. The van der Waals surface area contributed by atoms with Gasteiger partial charge in [0.2, 0.25) is 10.0 Å². The molecule has 0 saturated heterocycles. The van der Waals surface area contributed by atoms with Gasteiger partial charge < -0.3 is 15.1 Å². The summed E-state index contributed by atoms with van der Waals surface area (Å²) < 4.78 is 38.7.